The number of rotatable bonds is 4. The Kier molecular flexibility index (Phi) is 3.99. The van der Waals surface area contributed by atoms with Gasteiger partial charge < -0.3 is 5.32 Å². The van der Waals surface area contributed by atoms with Crippen molar-refractivity contribution in [2.75, 3.05) is 11.5 Å². The zero-order valence-electron chi connectivity index (χ0n) is 10.2. The van der Waals surface area contributed by atoms with E-state index in [4.69, 9.17) is 0 Å². The summed E-state index contributed by atoms with van der Waals surface area (Å²) in [4.78, 5) is 11.6. The smallest absolute Gasteiger partial charge is 0.220 e. The molecule has 1 atom stereocenters. The van der Waals surface area contributed by atoms with E-state index in [1.807, 2.05) is 6.92 Å². The molecule has 0 aromatic heterocycles. The highest BCUT2D eigenvalue weighted by Crippen LogP contribution is 2.23. The van der Waals surface area contributed by atoms with Crippen molar-refractivity contribution in [3.8, 4) is 0 Å². The molecule has 0 spiro atoms. The molecule has 1 rings (SSSR count). The first-order valence-corrected chi connectivity index (χ1v) is 7.56. The molecule has 94 valence electrons. The minimum Gasteiger partial charge on any atom is -0.350 e. The molecule has 1 amide bonds. The fourth-order valence-electron chi connectivity index (χ4n) is 1.93. The quantitative estimate of drug-likeness (QED) is 0.809. The molecule has 1 heterocycles. The van der Waals surface area contributed by atoms with Gasteiger partial charge in [0.2, 0.25) is 5.91 Å². The second kappa shape index (κ2) is 4.73. The van der Waals surface area contributed by atoms with Crippen LogP contribution in [0.3, 0.4) is 0 Å². The van der Waals surface area contributed by atoms with Crippen LogP contribution in [0.2, 0.25) is 0 Å². The maximum atomic E-state index is 11.6. The molecule has 1 saturated heterocycles. The second-order valence-corrected chi connectivity index (χ2v) is 7.57. The van der Waals surface area contributed by atoms with Gasteiger partial charge in [0, 0.05) is 6.42 Å². The Morgan fingerprint density at radius 2 is 2.06 bits per heavy atom. The normalized spacial score (nSPS) is 28.2. The van der Waals surface area contributed by atoms with E-state index in [2.05, 4.69) is 19.2 Å². The Labute approximate surface area is 97.7 Å². The molecule has 16 heavy (non-hydrogen) atoms. The first-order valence-electron chi connectivity index (χ1n) is 5.74. The van der Waals surface area contributed by atoms with Crippen LogP contribution in [0.1, 0.15) is 40.0 Å². The van der Waals surface area contributed by atoms with E-state index in [0.717, 1.165) is 6.42 Å². The van der Waals surface area contributed by atoms with Gasteiger partial charge in [-0.15, -0.1) is 0 Å². The van der Waals surface area contributed by atoms with Gasteiger partial charge in [0.1, 0.15) is 0 Å². The van der Waals surface area contributed by atoms with E-state index < -0.39 is 15.4 Å². The van der Waals surface area contributed by atoms with Gasteiger partial charge in [-0.05, 0) is 25.7 Å². The van der Waals surface area contributed by atoms with Crippen LogP contribution in [0.25, 0.3) is 0 Å². The van der Waals surface area contributed by atoms with E-state index in [9.17, 15) is 13.2 Å². The Morgan fingerprint density at radius 3 is 2.50 bits per heavy atom. The van der Waals surface area contributed by atoms with Gasteiger partial charge >= 0.3 is 0 Å². The number of amides is 1. The Hall–Kier alpha value is -0.580. The summed E-state index contributed by atoms with van der Waals surface area (Å²) in [5.74, 6) is 0.723. The molecule has 1 aliphatic rings. The minimum atomic E-state index is -2.95. The lowest BCUT2D eigenvalue weighted by atomic mass is 10.0. The van der Waals surface area contributed by atoms with Crippen molar-refractivity contribution in [1.82, 2.24) is 5.32 Å². The lowest BCUT2D eigenvalue weighted by Gasteiger charge is -2.24. The molecule has 0 bridgehead atoms. The van der Waals surface area contributed by atoms with Crippen LogP contribution < -0.4 is 5.32 Å². The average molecular weight is 247 g/mol. The highest BCUT2D eigenvalue weighted by molar-refractivity contribution is 7.91. The second-order valence-electron chi connectivity index (χ2n) is 5.38. The monoisotopic (exact) mass is 247 g/mol. The van der Waals surface area contributed by atoms with Crippen LogP contribution in [0.5, 0.6) is 0 Å². The lowest BCUT2D eigenvalue weighted by Crippen LogP contribution is -2.46. The zero-order valence-corrected chi connectivity index (χ0v) is 11.1. The number of hydrogen-bond donors (Lipinski definition) is 1. The van der Waals surface area contributed by atoms with Gasteiger partial charge in [-0.2, -0.15) is 0 Å². The molecule has 4 nitrogen and oxygen atoms in total. The third-order valence-corrected chi connectivity index (χ3v) is 4.80. The van der Waals surface area contributed by atoms with Gasteiger partial charge in [0.15, 0.2) is 9.84 Å². The molecule has 1 aliphatic heterocycles. The van der Waals surface area contributed by atoms with Gasteiger partial charge in [-0.3, -0.25) is 4.79 Å². The van der Waals surface area contributed by atoms with Crippen molar-refractivity contribution in [2.24, 2.45) is 5.92 Å². The number of carbonyl (C=O) groups excluding carboxylic acids is 1. The molecule has 0 saturated carbocycles. The first-order chi connectivity index (χ1) is 7.22. The van der Waals surface area contributed by atoms with E-state index in [1.165, 1.54) is 0 Å². The van der Waals surface area contributed by atoms with Gasteiger partial charge in [-0.25, -0.2) is 8.42 Å². The molecule has 5 heteroatoms. The zero-order chi connectivity index (χ0) is 12.4. The highest BCUT2D eigenvalue weighted by Gasteiger charge is 2.39. The molecule has 0 radical (unpaired) electrons. The van der Waals surface area contributed by atoms with Crippen molar-refractivity contribution in [3.05, 3.63) is 0 Å². The Bertz CT molecular complexity index is 361. The number of hydrogen-bond acceptors (Lipinski definition) is 3. The molecule has 1 unspecified atom stereocenters. The summed E-state index contributed by atoms with van der Waals surface area (Å²) in [7, 11) is -2.95. The highest BCUT2D eigenvalue weighted by atomic mass is 32.2. The number of sulfone groups is 1. The molecule has 1 fully saturated rings. The number of carbonyl (C=O) groups is 1. The Balaban J connectivity index is 2.45. The summed E-state index contributed by atoms with van der Waals surface area (Å²) in [6.07, 6.45) is 1.85. The topological polar surface area (TPSA) is 63.2 Å². The van der Waals surface area contributed by atoms with Crippen LogP contribution in [-0.4, -0.2) is 31.4 Å². The average Bonchev–Trinajstić information content (AvgIpc) is 2.37. The van der Waals surface area contributed by atoms with Crippen LogP contribution in [0.4, 0.5) is 0 Å². The maximum absolute atomic E-state index is 11.6. The summed E-state index contributed by atoms with van der Waals surface area (Å²) < 4.78 is 22.7. The van der Waals surface area contributed by atoms with Crippen molar-refractivity contribution < 1.29 is 13.2 Å². The summed E-state index contributed by atoms with van der Waals surface area (Å²) in [5, 5.41) is 2.85. The molecule has 0 aliphatic carbocycles. The summed E-state index contributed by atoms with van der Waals surface area (Å²) in [6, 6.07) is 0. The van der Waals surface area contributed by atoms with Crippen LogP contribution in [0.15, 0.2) is 0 Å². The SMILES string of the molecule is CC(C)CCC(=O)NC1(C)CCS(=O)(=O)C1. The van der Waals surface area contributed by atoms with Crippen LogP contribution in [-0.2, 0) is 14.6 Å². The largest absolute Gasteiger partial charge is 0.350 e. The van der Waals surface area contributed by atoms with Crippen LogP contribution >= 0.6 is 0 Å². The predicted octanol–water partition coefficient (Wildman–Crippen LogP) is 1.12. The van der Waals surface area contributed by atoms with E-state index in [-0.39, 0.29) is 17.4 Å². The van der Waals surface area contributed by atoms with Crippen molar-refractivity contribution >= 4 is 15.7 Å². The summed E-state index contributed by atoms with van der Waals surface area (Å²) >= 11 is 0. The Morgan fingerprint density at radius 1 is 1.44 bits per heavy atom. The fourth-order valence-corrected chi connectivity index (χ4v) is 4.02. The third-order valence-electron chi connectivity index (χ3n) is 2.89. The van der Waals surface area contributed by atoms with Crippen molar-refractivity contribution in [3.63, 3.8) is 0 Å². The van der Waals surface area contributed by atoms with E-state index >= 15 is 0 Å². The summed E-state index contributed by atoms with van der Waals surface area (Å²) in [6.45, 7) is 5.94. The molecule has 1 N–H and O–H groups in total. The maximum Gasteiger partial charge on any atom is 0.220 e. The fraction of sp³-hybridized carbons (Fsp3) is 0.909. The molecule has 0 aromatic rings. The van der Waals surface area contributed by atoms with Gasteiger partial charge in [-0.1, -0.05) is 13.8 Å². The molecular weight excluding hydrogens is 226 g/mol. The summed E-state index contributed by atoms with van der Waals surface area (Å²) in [5.41, 5.74) is -0.549. The lowest BCUT2D eigenvalue weighted by molar-refractivity contribution is -0.122. The van der Waals surface area contributed by atoms with Gasteiger partial charge in [0.25, 0.3) is 0 Å². The van der Waals surface area contributed by atoms with Crippen LogP contribution in [0, 0.1) is 5.92 Å². The van der Waals surface area contributed by atoms with Crippen molar-refractivity contribution in [2.45, 2.75) is 45.6 Å². The first kappa shape index (κ1) is 13.5. The molecule has 0 aromatic carbocycles. The third kappa shape index (κ3) is 4.12. The standard InChI is InChI=1S/C11H21NO3S/c1-9(2)4-5-10(13)12-11(3)6-7-16(14,15)8-11/h9H,4-8H2,1-3H3,(H,12,13). The van der Waals surface area contributed by atoms with Gasteiger partial charge in [0.05, 0.1) is 17.0 Å². The van der Waals surface area contributed by atoms with E-state index in [0.29, 0.717) is 18.8 Å². The number of nitrogens with one attached hydrogen (secondary N) is 1. The van der Waals surface area contributed by atoms with Crippen molar-refractivity contribution in [1.29, 1.82) is 0 Å². The predicted molar refractivity (Wildman–Crippen MR) is 63.9 cm³/mol. The van der Waals surface area contributed by atoms with E-state index in [1.54, 1.807) is 0 Å². The molecular formula is C11H21NO3S. The minimum absolute atomic E-state index is 0.0340.